The lowest BCUT2D eigenvalue weighted by molar-refractivity contribution is -0.120. The maximum atomic E-state index is 13.1. The Balaban J connectivity index is 1.48. The Morgan fingerprint density at radius 2 is 1.84 bits per heavy atom. The fourth-order valence-electron chi connectivity index (χ4n) is 3.96. The number of benzene rings is 2. The molecule has 5 rings (SSSR count). The van der Waals surface area contributed by atoms with Crippen LogP contribution in [-0.4, -0.2) is 38.7 Å². The first-order valence-electron chi connectivity index (χ1n) is 10.3. The molecule has 0 unspecified atom stereocenters. The van der Waals surface area contributed by atoms with Crippen molar-refractivity contribution in [2.24, 2.45) is 0 Å². The van der Waals surface area contributed by atoms with Crippen molar-refractivity contribution >= 4 is 40.5 Å². The van der Waals surface area contributed by atoms with Crippen LogP contribution in [0.5, 0.6) is 0 Å². The molecule has 7 nitrogen and oxygen atoms in total. The third kappa shape index (κ3) is 3.62. The molecule has 0 spiro atoms. The Morgan fingerprint density at radius 3 is 2.66 bits per heavy atom. The summed E-state index contributed by atoms with van der Waals surface area (Å²) < 4.78 is 1.82. The van der Waals surface area contributed by atoms with Crippen LogP contribution in [0.1, 0.15) is 11.3 Å². The maximum Gasteiger partial charge on any atom is 0.244 e. The second-order valence-corrected chi connectivity index (χ2v) is 8.61. The molecule has 2 amide bonds. The third-order valence-corrected chi connectivity index (χ3v) is 6.24. The highest BCUT2D eigenvalue weighted by molar-refractivity contribution is 7.99. The van der Waals surface area contributed by atoms with Gasteiger partial charge < -0.3 is 10.2 Å². The molecule has 2 aromatic carbocycles. The van der Waals surface area contributed by atoms with Gasteiger partial charge in [0.05, 0.1) is 34.0 Å². The van der Waals surface area contributed by atoms with Gasteiger partial charge in [0, 0.05) is 5.56 Å². The van der Waals surface area contributed by atoms with Crippen LogP contribution >= 0.6 is 11.8 Å². The zero-order valence-corrected chi connectivity index (χ0v) is 18.5. The van der Waals surface area contributed by atoms with E-state index in [-0.39, 0.29) is 24.1 Å². The molecule has 32 heavy (non-hydrogen) atoms. The summed E-state index contributed by atoms with van der Waals surface area (Å²) in [6.45, 7) is 3.99. The molecule has 1 N–H and O–H groups in total. The van der Waals surface area contributed by atoms with Gasteiger partial charge >= 0.3 is 0 Å². The molecule has 3 heterocycles. The summed E-state index contributed by atoms with van der Waals surface area (Å²) in [6.07, 6.45) is 0. The predicted octanol–water partition coefficient (Wildman–Crippen LogP) is 4.09. The number of imidazole rings is 1. The van der Waals surface area contributed by atoms with Crippen LogP contribution in [0.25, 0.3) is 16.8 Å². The molecule has 0 saturated carbocycles. The molecule has 160 valence electrons. The summed E-state index contributed by atoms with van der Waals surface area (Å²) in [4.78, 5) is 31.6. The van der Waals surface area contributed by atoms with Crippen LogP contribution in [-0.2, 0) is 9.59 Å². The van der Waals surface area contributed by atoms with Crippen molar-refractivity contribution in [3.63, 3.8) is 0 Å². The van der Waals surface area contributed by atoms with Gasteiger partial charge in [-0.15, -0.1) is 0 Å². The first kappa shape index (κ1) is 20.3. The third-order valence-electron chi connectivity index (χ3n) is 5.33. The summed E-state index contributed by atoms with van der Waals surface area (Å²) in [6, 6.07) is 19.3. The molecule has 0 bridgehead atoms. The van der Waals surface area contributed by atoms with E-state index in [0.717, 1.165) is 28.0 Å². The minimum absolute atomic E-state index is 0.00443. The number of aromatic nitrogens is 3. The summed E-state index contributed by atoms with van der Waals surface area (Å²) in [7, 11) is 0. The fraction of sp³-hybridized carbons (Fsp3) is 0.167. The smallest absolute Gasteiger partial charge is 0.244 e. The summed E-state index contributed by atoms with van der Waals surface area (Å²) in [5.74, 6) is -0.212. The van der Waals surface area contributed by atoms with E-state index in [4.69, 9.17) is 4.98 Å². The van der Waals surface area contributed by atoms with Gasteiger partial charge in [0.25, 0.3) is 0 Å². The average molecular weight is 444 g/mol. The quantitative estimate of drug-likeness (QED) is 0.481. The average Bonchev–Trinajstić information content (AvgIpc) is 3.16. The summed E-state index contributed by atoms with van der Waals surface area (Å²) >= 11 is 1.33. The largest absolute Gasteiger partial charge is 0.323 e. The number of para-hydroxylation sites is 2. The molecule has 0 saturated heterocycles. The molecular formula is C24H21N5O2S. The van der Waals surface area contributed by atoms with Crippen molar-refractivity contribution in [1.82, 2.24) is 14.6 Å². The Bertz CT molecular complexity index is 1350. The standard InChI is InChI=1S/C24H21N5O2S/c1-15-12-16(2)27-29-23(15)22(17-8-4-3-5-9-17)26-24(29)32-14-21(31)28-13-20(30)25-18-10-6-7-11-19(18)28/h3-12H,13-14H2,1-2H3,(H,25,30). The first-order valence-corrected chi connectivity index (χ1v) is 11.2. The van der Waals surface area contributed by atoms with Crippen LogP contribution in [0.15, 0.2) is 65.8 Å². The highest BCUT2D eigenvalue weighted by Gasteiger charge is 2.27. The lowest BCUT2D eigenvalue weighted by Crippen LogP contribution is -2.43. The molecule has 4 aromatic rings. The van der Waals surface area contributed by atoms with E-state index in [9.17, 15) is 9.59 Å². The molecule has 1 aliphatic rings. The van der Waals surface area contributed by atoms with Crippen molar-refractivity contribution in [2.75, 3.05) is 22.5 Å². The monoisotopic (exact) mass is 443 g/mol. The van der Waals surface area contributed by atoms with Crippen LogP contribution in [0.4, 0.5) is 11.4 Å². The van der Waals surface area contributed by atoms with E-state index < -0.39 is 0 Å². The second kappa shape index (κ2) is 8.12. The van der Waals surface area contributed by atoms with Crippen LogP contribution in [0.3, 0.4) is 0 Å². The molecule has 8 heteroatoms. The SMILES string of the molecule is Cc1cc(C)c2c(-c3ccccc3)nc(SCC(=O)N3CC(=O)Nc4ccccc43)n2n1. The van der Waals surface area contributed by atoms with E-state index in [1.807, 2.05) is 73.0 Å². The van der Waals surface area contributed by atoms with Crippen LogP contribution < -0.4 is 10.2 Å². The lowest BCUT2D eigenvalue weighted by Gasteiger charge is -2.28. The zero-order chi connectivity index (χ0) is 22.2. The first-order chi connectivity index (χ1) is 15.5. The van der Waals surface area contributed by atoms with Gasteiger partial charge in [-0.05, 0) is 37.6 Å². The number of rotatable bonds is 4. The Kier molecular flexibility index (Phi) is 5.14. The van der Waals surface area contributed by atoms with E-state index in [0.29, 0.717) is 16.5 Å². The molecule has 0 aliphatic carbocycles. The van der Waals surface area contributed by atoms with Crippen molar-refractivity contribution in [3.05, 3.63) is 71.9 Å². The number of aryl methyl sites for hydroxylation is 2. The highest BCUT2D eigenvalue weighted by Crippen LogP contribution is 2.32. The van der Waals surface area contributed by atoms with Gasteiger partial charge in [-0.1, -0.05) is 54.2 Å². The Hall–Kier alpha value is -3.65. The highest BCUT2D eigenvalue weighted by atomic mass is 32.2. The normalized spacial score (nSPS) is 13.2. The minimum atomic E-state index is -0.201. The number of hydrogen-bond acceptors (Lipinski definition) is 5. The van der Waals surface area contributed by atoms with Gasteiger partial charge in [0.15, 0.2) is 5.16 Å². The molecule has 2 aromatic heterocycles. The van der Waals surface area contributed by atoms with Crippen LogP contribution in [0, 0.1) is 13.8 Å². The summed E-state index contributed by atoms with van der Waals surface area (Å²) in [5.41, 5.74) is 6.07. The second-order valence-electron chi connectivity index (χ2n) is 7.67. The molecular weight excluding hydrogens is 422 g/mol. The topological polar surface area (TPSA) is 79.6 Å². The maximum absolute atomic E-state index is 13.1. The minimum Gasteiger partial charge on any atom is -0.323 e. The van der Waals surface area contributed by atoms with Gasteiger partial charge in [-0.2, -0.15) is 5.10 Å². The van der Waals surface area contributed by atoms with Gasteiger partial charge in [0.2, 0.25) is 11.8 Å². The number of hydrogen-bond donors (Lipinski definition) is 1. The van der Waals surface area contributed by atoms with E-state index in [1.54, 1.807) is 6.07 Å². The van der Waals surface area contributed by atoms with Crippen molar-refractivity contribution in [1.29, 1.82) is 0 Å². The molecule has 0 atom stereocenters. The van der Waals surface area contributed by atoms with E-state index in [2.05, 4.69) is 10.4 Å². The number of amides is 2. The van der Waals surface area contributed by atoms with Crippen molar-refractivity contribution in [2.45, 2.75) is 19.0 Å². The number of carbonyl (C=O) groups excluding carboxylic acids is 2. The van der Waals surface area contributed by atoms with Crippen LogP contribution in [0.2, 0.25) is 0 Å². The van der Waals surface area contributed by atoms with Crippen molar-refractivity contribution in [3.8, 4) is 11.3 Å². The molecule has 1 aliphatic heterocycles. The summed E-state index contributed by atoms with van der Waals surface area (Å²) in [5, 5.41) is 8.12. The van der Waals surface area contributed by atoms with Gasteiger partial charge in [-0.3, -0.25) is 9.59 Å². The Morgan fingerprint density at radius 1 is 1.09 bits per heavy atom. The van der Waals surface area contributed by atoms with Crippen molar-refractivity contribution < 1.29 is 9.59 Å². The number of nitrogens with zero attached hydrogens (tertiary/aromatic N) is 4. The fourth-order valence-corrected chi connectivity index (χ4v) is 4.78. The molecule has 0 fully saturated rings. The van der Waals surface area contributed by atoms with E-state index >= 15 is 0 Å². The zero-order valence-electron chi connectivity index (χ0n) is 17.7. The number of thioether (sulfide) groups is 1. The number of nitrogens with one attached hydrogen (secondary N) is 1. The van der Waals surface area contributed by atoms with E-state index in [1.165, 1.54) is 16.7 Å². The number of fused-ring (bicyclic) bond motifs is 2. The lowest BCUT2D eigenvalue weighted by atomic mass is 10.1. The number of carbonyl (C=O) groups is 2. The molecule has 0 radical (unpaired) electrons. The Labute approximate surface area is 189 Å². The number of anilines is 2. The van der Waals surface area contributed by atoms with Gasteiger partial charge in [0.1, 0.15) is 6.54 Å². The van der Waals surface area contributed by atoms with Gasteiger partial charge in [-0.25, -0.2) is 9.50 Å². The predicted molar refractivity (Wildman–Crippen MR) is 126 cm³/mol.